The summed E-state index contributed by atoms with van der Waals surface area (Å²) in [5.41, 5.74) is 1.60. The molecule has 1 rings (SSSR count). The van der Waals surface area contributed by atoms with Gasteiger partial charge in [0.1, 0.15) is 0 Å². The zero-order valence-electron chi connectivity index (χ0n) is 16.3. The van der Waals surface area contributed by atoms with Crippen LogP contribution in [0.15, 0.2) is 23.8 Å². The molecule has 0 aromatic rings. The van der Waals surface area contributed by atoms with Crippen LogP contribution >= 0.6 is 0 Å². The van der Waals surface area contributed by atoms with Gasteiger partial charge in [0.15, 0.2) is 0 Å². The lowest BCUT2D eigenvalue weighted by Gasteiger charge is -2.33. The van der Waals surface area contributed by atoms with E-state index in [1.165, 1.54) is 63.4 Å². The van der Waals surface area contributed by atoms with Crippen LogP contribution in [-0.4, -0.2) is 30.1 Å². The van der Waals surface area contributed by atoms with Gasteiger partial charge in [0.25, 0.3) is 0 Å². The first kappa shape index (κ1) is 21.6. The van der Waals surface area contributed by atoms with Crippen LogP contribution in [0.3, 0.4) is 0 Å². The molecule has 0 amide bonds. The fourth-order valence-electron chi connectivity index (χ4n) is 3.62. The second-order valence-electron chi connectivity index (χ2n) is 6.73. The Morgan fingerprint density at radius 3 is 1.88 bits per heavy atom. The maximum absolute atomic E-state index is 5.76. The Labute approximate surface area is 150 Å². The predicted octanol–water partition coefficient (Wildman–Crippen LogP) is 6.04. The summed E-state index contributed by atoms with van der Waals surface area (Å²) in [7, 11) is 2.55. The second kappa shape index (κ2) is 12.9. The molecule has 3 nitrogen and oxygen atoms in total. The Balaban J connectivity index is 2.37. The first-order chi connectivity index (χ1) is 11.7. The maximum Gasteiger partial charge on any atom is 0.508 e. The number of unbranched alkanes of at least 4 members (excludes halogenated alkanes) is 8. The number of allylic oxidation sites excluding steroid dienone is 4. The molecule has 0 heterocycles. The molecule has 0 radical (unpaired) electrons. The average Bonchev–Trinajstić information content (AvgIpc) is 3.14. The number of hydrogen-bond acceptors (Lipinski definition) is 3. The molecular weight excluding hydrogens is 316 g/mol. The summed E-state index contributed by atoms with van der Waals surface area (Å²) in [6.07, 6.45) is 21.0. The van der Waals surface area contributed by atoms with Gasteiger partial charge in [0.2, 0.25) is 0 Å². The van der Waals surface area contributed by atoms with Crippen molar-refractivity contribution < 1.29 is 13.3 Å². The molecule has 1 aliphatic carbocycles. The third-order valence-electron chi connectivity index (χ3n) is 5.08. The van der Waals surface area contributed by atoms with Crippen LogP contribution in [0.2, 0.25) is 5.54 Å². The lowest BCUT2D eigenvalue weighted by Crippen LogP contribution is -2.48. The summed E-state index contributed by atoms with van der Waals surface area (Å²) in [6.45, 7) is 2.27. The molecule has 0 saturated carbocycles. The van der Waals surface area contributed by atoms with Crippen molar-refractivity contribution in [2.24, 2.45) is 0 Å². The van der Waals surface area contributed by atoms with Gasteiger partial charge in [-0.15, -0.1) is 0 Å². The van der Waals surface area contributed by atoms with Crippen molar-refractivity contribution in [1.29, 1.82) is 0 Å². The van der Waals surface area contributed by atoms with Gasteiger partial charge in [-0.1, -0.05) is 82.9 Å². The summed E-state index contributed by atoms with van der Waals surface area (Å²) >= 11 is 0. The highest BCUT2D eigenvalue weighted by molar-refractivity contribution is 6.63. The predicted molar refractivity (Wildman–Crippen MR) is 104 cm³/mol. The molecule has 0 saturated heterocycles. The van der Waals surface area contributed by atoms with Crippen LogP contribution < -0.4 is 0 Å². The Hall–Kier alpha value is -0.423. The van der Waals surface area contributed by atoms with Crippen molar-refractivity contribution >= 4 is 8.80 Å². The van der Waals surface area contributed by atoms with E-state index in [1.54, 1.807) is 21.3 Å². The average molecular weight is 355 g/mol. The SMILES string of the molecule is CCCCCCCCCCCC(C1=CCC=C1)[Si](OC)(OC)OC. The molecule has 0 aromatic heterocycles. The lowest BCUT2D eigenvalue weighted by molar-refractivity contribution is 0.114. The Morgan fingerprint density at radius 2 is 1.42 bits per heavy atom. The van der Waals surface area contributed by atoms with Crippen molar-refractivity contribution in [2.45, 2.75) is 83.1 Å². The Bertz CT molecular complexity index is 367. The molecule has 1 aliphatic rings. The Kier molecular flexibility index (Phi) is 11.6. The molecular formula is C20H38O3Si. The van der Waals surface area contributed by atoms with Crippen LogP contribution in [0, 0.1) is 0 Å². The largest absolute Gasteiger partial charge is 0.508 e. The van der Waals surface area contributed by atoms with Crippen LogP contribution in [0.25, 0.3) is 0 Å². The number of rotatable bonds is 15. The third-order valence-corrected chi connectivity index (χ3v) is 8.26. The first-order valence-electron chi connectivity index (χ1n) is 9.76. The van der Waals surface area contributed by atoms with E-state index in [4.69, 9.17) is 13.3 Å². The third kappa shape index (κ3) is 6.83. The first-order valence-corrected chi connectivity index (χ1v) is 11.6. The van der Waals surface area contributed by atoms with E-state index >= 15 is 0 Å². The van der Waals surface area contributed by atoms with Crippen molar-refractivity contribution in [2.75, 3.05) is 21.3 Å². The van der Waals surface area contributed by atoms with Crippen LogP contribution in [0.5, 0.6) is 0 Å². The van der Waals surface area contributed by atoms with E-state index in [-0.39, 0.29) is 5.54 Å². The smallest absolute Gasteiger partial charge is 0.376 e. The van der Waals surface area contributed by atoms with E-state index in [9.17, 15) is 0 Å². The standard InChI is InChI=1S/C20H38O3Si/c1-5-6-7-8-9-10-11-12-13-18-20(19-16-14-15-17-19)24(21-2,22-3)23-4/h14,16-17,20H,5-13,15,18H2,1-4H3. The van der Waals surface area contributed by atoms with Crippen molar-refractivity contribution in [1.82, 2.24) is 0 Å². The molecule has 0 spiro atoms. The number of hydrogen-bond donors (Lipinski definition) is 0. The summed E-state index contributed by atoms with van der Waals surface area (Å²) < 4.78 is 17.3. The Morgan fingerprint density at radius 1 is 0.875 bits per heavy atom. The van der Waals surface area contributed by atoms with Crippen LogP contribution in [0.1, 0.15) is 77.6 Å². The molecule has 4 heteroatoms. The molecule has 0 N–H and O–H groups in total. The zero-order chi connectivity index (χ0) is 17.7. The van der Waals surface area contributed by atoms with Gasteiger partial charge in [0.05, 0.1) is 5.54 Å². The summed E-state index contributed by atoms with van der Waals surface area (Å²) in [5, 5.41) is 0. The second-order valence-corrected chi connectivity index (χ2v) is 9.86. The minimum atomic E-state index is -2.62. The van der Waals surface area contributed by atoms with Gasteiger partial charge in [-0.3, -0.25) is 0 Å². The quantitative estimate of drug-likeness (QED) is 0.265. The van der Waals surface area contributed by atoms with Gasteiger partial charge < -0.3 is 13.3 Å². The highest BCUT2D eigenvalue weighted by Gasteiger charge is 2.48. The van der Waals surface area contributed by atoms with Crippen molar-refractivity contribution in [3.05, 3.63) is 23.8 Å². The fraction of sp³-hybridized carbons (Fsp3) is 0.800. The van der Waals surface area contributed by atoms with E-state index < -0.39 is 8.80 Å². The zero-order valence-corrected chi connectivity index (χ0v) is 17.3. The van der Waals surface area contributed by atoms with E-state index in [0.29, 0.717) is 0 Å². The van der Waals surface area contributed by atoms with Crippen molar-refractivity contribution in [3.8, 4) is 0 Å². The van der Waals surface area contributed by atoms with Crippen molar-refractivity contribution in [3.63, 3.8) is 0 Å². The molecule has 24 heavy (non-hydrogen) atoms. The molecule has 1 atom stereocenters. The minimum Gasteiger partial charge on any atom is -0.376 e. The highest BCUT2D eigenvalue weighted by Crippen LogP contribution is 2.38. The van der Waals surface area contributed by atoms with Gasteiger partial charge >= 0.3 is 8.80 Å². The summed E-state index contributed by atoms with van der Waals surface area (Å²) in [6, 6.07) is 0. The maximum atomic E-state index is 5.76. The summed E-state index contributed by atoms with van der Waals surface area (Å²) in [5.74, 6) is 0. The fourth-order valence-corrected chi connectivity index (χ4v) is 6.15. The monoisotopic (exact) mass is 354 g/mol. The van der Waals surface area contributed by atoms with Crippen LogP contribution in [-0.2, 0) is 13.3 Å². The van der Waals surface area contributed by atoms with E-state index in [2.05, 4.69) is 25.2 Å². The topological polar surface area (TPSA) is 27.7 Å². The van der Waals surface area contributed by atoms with Gasteiger partial charge in [0, 0.05) is 21.3 Å². The van der Waals surface area contributed by atoms with Gasteiger partial charge in [-0.2, -0.15) is 0 Å². The van der Waals surface area contributed by atoms with Gasteiger partial charge in [-0.25, -0.2) is 0 Å². The van der Waals surface area contributed by atoms with Crippen LogP contribution in [0.4, 0.5) is 0 Å². The molecule has 0 aliphatic heterocycles. The molecule has 0 aromatic carbocycles. The van der Waals surface area contributed by atoms with E-state index in [0.717, 1.165) is 12.8 Å². The summed E-state index contributed by atoms with van der Waals surface area (Å²) in [4.78, 5) is 0. The highest BCUT2D eigenvalue weighted by atomic mass is 28.4. The lowest BCUT2D eigenvalue weighted by atomic mass is 10.0. The molecule has 140 valence electrons. The molecule has 0 fully saturated rings. The molecule has 0 bridgehead atoms. The normalized spacial score (nSPS) is 15.8. The van der Waals surface area contributed by atoms with Gasteiger partial charge in [-0.05, 0) is 18.4 Å². The van der Waals surface area contributed by atoms with E-state index in [1.807, 2.05) is 0 Å². The molecule has 1 unspecified atom stereocenters. The minimum absolute atomic E-state index is 0.265.